The van der Waals surface area contributed by atoms with Crippen molar-refractivity contribution in [2.24, 2.45) is 11.7 Å². The molecule has 138 valence electrons. The summed E-state index contributed by atoms with van der Waals surface area (Å²) in [6.07, 6.45) is 2.09. The van der Waals surface area contributed by atoms with Gasteiger partial charge in [-0.1, -0.05) is 12.1 Å². The van der Waals surface area contributed by atoms with Crippen molar-refractivity contribution < 1.29 is 14.3 Å². The number of benzene rings is 1. The highest BCUT2D eigenvalue weighted by Crippen LogP contribution is 2.20. The van der Waals surface area contributed by atoms with Crippen LogP contribution in [-0.2, 0) is 16.1 Å². The van der Waals surface area contributed by atoms with Gasteiger partial charge in [0.1, 0.15) is 5.75 Å². The Labute approximate surface area is 149 Å². The lowest BCUT2D eigenvalue weighted by molar-refractivity contribution is -0.122. The third-order valence-corrected chi connectivity index (χ3v) is 5.31. The molecule has 3 rings (SSSR count). The highest BCUT2D eigenvalue weighted by molar-refractivity contribution is 5.77. The van der Waals surface area contributed by atoms with Gasteiger partial charge in [0.25, 0.3) is 0 Å². The van der Waals surface area contributed by atoms with Gasteiger partial charge in [0, 0.05) is 52.0 Å². The fraction of sp³-hybridized carbons (Fsp3) is 0.632. The van der Waals surface area contributed by atoms with Crippen molar-refractivity contribution in [3.63, 3.8) is 0 Å². The first-order valence-electron chi connectivity index (χ1n) is 9.12. The van der Waals surface area contributed by atoms with E-state index in [4.69, 9.17) is 15.2 Å². The van der Waals surface area contributed by atoms with Gasteiger partial charge < -0.3 is 15.2 Å². The van der Waals surface area contributed by atoms with Crippen LogP contribution >= 0.6 is 0 Å². The van der Waals surface area contributed by atoms with Gasteiger partial charge in [-0.05, 0) is 30.5 Å². The maximum absolute atomic E-state index is 11.9. The van der Waals surface area contributed by atoms with Gasteiger partial charge in [0.05, 0.1) is 13.0 Å². The molecule has 2 aliphatic heterocycles. The first-order chi connectivity index (χ1) is 12.2. The minimum Gasteiger partial charge on any atom is -0.497 e. The maximum Gasteiger partial charge on any atom is 0.223 e. The SMILES string of the molecule is COc1ccc(CN2CCN(C3CCOCC3)C[C@@H](C(N)=O)C2)cc1. The molecule has 2 N–H and O–H groups in total. The lowest BCUT2D eigenvalue weighted by Gasteiger charge is -2.34. The van der Waals surface area contributed by atoms with E-state index in [0.29, 0.717) is 6.04 Å². The van der Waals surface area contributed by atoms with Gasteiger partial charge in [-0.15, -0.1) is 0 Å². The topological polar surface area (TPSA) is 68.0 Å². The number of primary amides is 1. The Morgan fingerprint density at radius 2 is 1.92 bits per heavy atom. The van der Waals surface area contributed by atoms with Gasteiger partial charge in [0.2, 0.25) is 5.91 Å². The highest BCUT2D eigenvalue weighted by Gasteiger charge is 2.30. The van der Waals surface area contributed by atoms with Crippen LogP contribution in [-0.4, -0.2) is 68.3 Å². The predicted molar refractivity (Wildman–Crippen MR) is 96.4 cm³/mol. The molecule has 1 atom stereocenters. The molecule has 0 radical (unpaired) electrons. The molecule has 1 aromatic rings. The number of rotatable bonds is 5. The minimum absolute atomic E-state index is 0.122. The van der Waals surface area contributed by atoms with Gasteiger partial charge in [0.15, 0.2) is 0 Å². The molecule has 1 aromatic carbocycles. The Morgan fingerprint density at radius 3 is 2.56 bits per heavy atom. The number of nitrogens with zero attached hydrogens (tertiary/aromatic N) is 2. The monoisotopic (exact) mass is 347 g/mol. The number of carbonyl (C=O) groups excluding carboxylic acids is 1. The van der Waals surface area contributed by atoms with Gasteiger partial charge in [-0.25, -0.2) is 0 Å². The number of carbonyl (C=O) groups is 1. The molecule has 0 aromatic heterocycles. The molecule has 0 aliphatic carbocycles. The van der Waals surface area contributed by atoms with E-state index in [0.717, 1.165) is 64.5 Å². The van der Waals surface area contributed by atoms with E-state index >= 15 is 0 Å². The number of nitrogens with two attached hydrogens (primary N) is 1. The first kappa shape index (κ1) is 18.2. The molecule has 2 heterocycles. The summed E-state index contributed by atoms with van der Waals surface area (Å²) < 4.78 is 10.7. The molecule has 25 heavy (non-hydrogen) atoms. The van der Waals surface area contributed by atoms with E-state index in [2.05, 4.69) is 21.9 Å². The second-order valence-corrected chi connectivity index (χ2v) is 7.02. The molecule has 1 amide bonds. The lowest BCUT2D eigenvalue weighted by atomic mass is 10.0. The van der Waals surface area contributed by atoms with Crippen molar-refractivity contribution in [2.75, 3.05) is 46.5 Å². The van der Waals surface area contributed by atoms with Crippen LogP contribution in [0.5, 0.6) is 5.75 Å². The third-order valence-electron chi connectivity index (χ3n) is 5.31. The van der Waals surface area contributed by atoms with Crippen molar-refractivity contribution in [3.8, 4) is 5.75 Å². The minimum atomic E-state index is -0.196. The first-order valence-corrected chi connectivity index (χ1v) is 9.12. The number of hydrogen-bond donors (Lipinski definition) is 1. The normalized spacial score (nSPS) is 24.0. The Bertz CT molecular complexity index is 558. The molecular formula is C19H29N3O3. The van der Waals surface area contributed by atoms with Crippen molar-refractivity contribution in [3.05, 3.63) is 29.8 Å². The lowest BCUT2D eigenvalue weighted by Crippen LogP contribution is -2.44. The zero-order valence-corrected chi connectivity index (χ0v) is 15.0. The average Bonchev–Trinajstić information content (AvgIpc) is 2.86. The van der Waals surface area contributed by atoms with Crippen molar-refractivity contribution in [1.29, 1.82) is 0 Å². The van der Waals surface area contributed by atoms with Crippen molar-refractivity contribution in [2.45, 2.75) is 25.4 Å². The molecule has 6 heteroatoms. The zero-order valence-electron chi connectivity index (χ0n) is 15.0. The molecule has 2 aliphatic rings. The van der Waals surface area contributed by atoms with Gasteiger partial charge >= 0.3 is 0 Å². The second-order valence-electron chi connectivity index (χ2n) is 7.02. The summed E-state index contributed by atoms with van der Waals surface area (Å²) in [5.41, 5.74) is 6.91. The van der Waals surface area contributed by atoms with E-state index < -0.39 is 0 Å². The fourth-order valence-corrected chi connectivity index (χ4v) is 3.80. The number of amides is 1. The van der Waals surface area contributed by atoms with Crippen LogP contribution in [0.4, 0.5) is 0 Å². The van der Waals surface area contributed by atoms with E-state index in [1.807, 2.05) is 12.1 Å². The standard InChI is InChI=1S/C19H29N3O3/c1-24-18-4-2-15(3-5-18)12-21-8-9-22(14-16(13-21)19(20)23)17-6-10-25-11-7-17/h2-5,16-17H,6-14H2,1H3,(H2,20,23)/t16-/m0/s1. The molecule has 0 saturated carbocycles. The Morgan fingerprint density at radius 1 is 1.20 bits per heavy atom. The van der Waals surface area contributed by atoms with Crippen LogP contribution in [0.25, 0.3) is 0 Å². The van der Waals surface area contributed by atoms with E-state index in [1.54, 1.807) is 7.11 Å². The Balaban J connectivity index is 1.65. The van der Waals surface area contributed by atoms with Crippen molar-refractivity contribution in [1.82, 2.24) is 9.80 Å². The highest BCUT2D eigenvalue weighted by atomic mass is 16.5. The molecule has 2 fully saturated rings. The third kappa shape index (κ3) is 4.93. The van der Waals surface area contributed by atoms with E-state index in [9.17, 15) is 4.79 Å². The largest absolute Gasteiger partial charge is 0.497 e. The molecular weight excluding hydrogens is 318 g/mol. The van der Waals surface area contributed by atoms with Crippen LogP contribution in [0.15, 0.2) is 24.3 Å². The molecule has 0 bridgehead atoms. The predicted octanol–water partition coefficient (Wildman–Crippen LogP) is 1.09. The van der Waals surface area contributed by atoms with Crippen LogP contribution in [0.1, 0.15) is 18.4 Å². The number of hydrogen-bond acceptors (Lipinski definition) is 5. The zero-order chi connectivity index (χ0) is 17.6. The number of ether oxygens (including phenoxy) is 2. The molecule has 0 spiro atoms. The Kier molecular flexibility index (Phi) is 6.29. The summed E-state index contributed by atoms with van der Waals surface area (Å²) in [5.74, 6) is 0.544. The molecule has 0 unspecified atom stereocenters. The van der Waals surface area contributed by atoms with Crippen LogP contribution in [0.3, 0.4) is 0 Å². The molecule has 6 nitrogen and oxygen atoms in total. The summed E-state index contributed by atoms with van der Waals surface area (Å²) >= 11 is 0. The summed E-state index contributed by atoms with van der Waals surface area (Å²) in [7, 11) is 1.67. The summed E-state index contributed by atoms with van der Waals surface area (Å²) in [4.78, 5) is 16.7. The summed E-state index contributed by atoms with van der Waals surface area (Å²) in [6.45, 7) is 5.88. The van der Waals surface area contributed by atoms with Crippen molar-refractivity contribution >= 4 is 5.91 Å². The quantitative estimate of drug-likeness (QED) is 0.864. The average molecular weight is 347 g/mol. The molecule has 2 saturated heterocycles. The fourth-order valence-electron chi connectivity index (χ4n) is 3.80. The van der Waals surface area contributed by atoms with Crippen LogP contribution < -0.4 is 10.5 Å². The smallest absolute Gasteiger partial charge is 0.223 e. The van der Waals surface area contributed by atoms with Gasteiger partial charge in [-0.2, -0.15) is 0 Å². The van der Waals surface area contributed by atoms with E-state index in [-0.39, 0.29) is 11.8 Å². The maximum atomic E-state index is 11.9. The van der Waals surface area contributed by atoms with Crippen LogP contribution in [0.2, 0.25) is 0 Å². The summed E-state index contributed by atoms with van der Waals surface area (Å²) in [6, 6.07) is 8.63. The second kappa shape index (κ2) is 8.65. The summed E-state index contributed by atoms with van der Waals surface area (Å²) in [5, 5.41) is 0. The Hall–Kier alpha value is -1.63. The van der Waals surface area contributed by atoms with Gasteiger partial charge in [-0.3, -0.25) is 14.6 Å². The van der Waals surface area contributed by atoms with E-state index in [1.165, 1.54) is 5.56 Å². The van der Waals surface area contributed by atoms with Crippen LogP contribution in [0, 0.1) is 5.92 Å². The number of methoxy groups -OCH3 is 1.